The first-order valence-electron chi connectivity index (χ1n) is 9.06. The maximum atomic E-state index is 13.0. The van der Waals surface area contributed by atoms with Gasteiger partial charge < -0.3 is 16.2 Å². The standard InChI is InChI=1S/C12H20N4.C9H8F2O/c1-3-4-5-6-11(14)10(7-13)12-9(2)8-15-16-12;1-5(2)8-6(10)3-4-7(12)9(8)11/h7-8,13H,3-6,14H2,1-2H3,(H,15,16);3-4,12H,1H2,2H3/b11-10+,13-7?;. The lowest BCUT2D eigenvalue weighted by Gasteiger charge is -2.06. The highest BCUT2D eigenvalue weighted by Gasteiger charge is 2.13. The van der Waals surface area contributed by atoms with Crippen LogP contribution in [0.15, 0.2) is 30.6 Å². The summed E-state index contributed by atoms with van der Waals surface area (Å²) in [5.41, 5.74) is 9.44. The second-order valence-corrected chi connectivity index (χ2v) is 6.50. The number of phenols is 1. The second-order valence-electron chi connectivity index (χ2n) is 6.50. The summed E-state index contributed by atoms with van der Waals surface area (Å²) in [5.74, 6) is -2.23. The predicted octanol–water partition coefficient (Wildman–Crippen LogP) is 5.32. The fraction of sp³-hybridized carbons (Fsp3) is 0.333. The van der Waals surface area contributed by atoms with E-state index in [0.29, 0.717) is 0 Å². The van der Waals surface area contributed by atoms with Gasteiger partial charge in [-0.2, -0.15) is 5.10 Å². The Hall–Kier alpha value is -2.96. The average molecular weight is 390 g/mol. The maximum absolute atomic E-state index is 13.0. The minimum Gasteiger partial charge on any atom is -0.505 e. The van der Waals surface area contributed by atoms with Crippen molar-refractivity contribution in [2.24, 2.45) is 5.73 Å². The number of nitrogens with one attached hydrogen (secondary N) is 2. The van der Waals surface area contributed by atoms with Gasteiger partial charge in [0.15, 0.2) is 11.6 Å². The third-order valence-electron chi connectivity index (χ3n) is 4.14. The van der Waals surface area contributed by atoms with Gasteiger partial charge >= 0.3 is 0 Å². The molecule has 5 nitrogen and oxygen atoms in total. The maximum Gasteiger partial charge on any atom is 0.175 e. The minimum atomic E-state index is -0.956. The number of benzene rings is 1. The first-order valence-corrected chi connectivity index (χ1v) is 9.06. The summed E-state index contributed by atoms with van der Waals surface area (Å²) in [4.78, 5) is 0. The van der Waals surface area contributed by atoms with E-state index in [0.717, 1.165) is 47.5 Å². The molecule has 5 N–H and O–H groups in total. The van der Waals surface area contributed by atoms with Gasteiger partial charge in [-0.15, -0.1) is 0 Å². The second kappa shape index (κ2) is 11.0. The van der Waals surface area contributed by atoms with Crippen molar-refractivity contribution in [3.63, 3.8) is 0 Å². The van der Waals surface area contributed by atoms with E-state index in [4.69, 9.17) is 16.2 Å². The highest BCUT2D eigenvalue weighted by molar-refractivity contribution is 6.09. The van der Waals surface area contributed by atoms with Gasteiger partial charge in [0.05, 0.1) is 17.5 Å². The van der Waals surface area contributed by atoms with Crippen LogP contribution in [0.3, 0.4) is 0 Å². The summed E-state index contributed by atoms with van der Waals surface area (Å²) in [6.45, 7) is 8.99. The molecule has 0 atom stereocenters. The SMILES string of the molecule is C=C(C)c1c(F)ccc(O)c1F.CCCCC/C(N)=C(/C=N)c1[nH]ncc1C. The molecule has 0 radical (unpaired) electrons. The van der Waals surface area contributed by atoms with Crippen LogP contribution in [-0.2, 0) is 0 Å². The molecule has 2 aromatic rings. The molecule has 0 fully saturated rings. The first-order chi connectivity index (χ1) is 13.2. The Labute approximate surface area is 164 Å². The monoisotopic (exact) mass is 390 g/mol. The molecule has 28 heavy (non-hydrogen) atoms. The molecule has 0 amide bonds. The summed E-state index contributed by atoms with van der Waals surface area (Å²) < 4.78 is 25.8. The van der Waals surface area contributed by atoms with E-state index >= 15 is 0 Å². The molecule has 0 saturated heterocycles. The first kappa shape index (κ1) is 23.1. The Balaban J connectivity index is 0.000000292. The van der Waals surface area contributed by atoms with Crippen molar-refractivity contribution in [2.75, 3.05) is 0 Å². The van der Waals surface area contributed by atoms with Crippen molar-refractivity contribution in [3.8, 4) is 5.75 Å². The van der Waals surface area contributed by atoms with E-state index in [1.165, 1.54) is 26.0 Å². The fourth-order valence-electron chi connectivity index (χ4n) is 2.58. The van der Waals surface area contributed by atoms with Gasteiger partial charge in [-0.25, -0.2) is 8.78 Å². The van der Waals surface area contributed by atoms with Gasteiger partial charge in [0.1, 0.15) is 5.82 Å². The van der Waals surface area contributed by atoms with Crippen LogP contribution >= 0.6 is 0 Å². The van der Waals surface area contributed by atoms with Crippen LogP contribution in [0.4, 0.5) is 8.78 Å². The lowest BCUT2D eigenvalue weighted by molar-refractivity contribution is 0.426. The van der Waals surface area contributed by atoms with E-state index in [-0.39, 0.29) is 11.1 Å². The lowest BCUT2D eigenvalue weighted by atomic mass is 10.0. The summed E-state index contributed by atoms with van der Waals surface area (Å²) in [5, 5.41) is 23.2. The van der Waals surface area contributed by atoms with E-state index in [1.54, 1.807) is 6.20 Å². The molecule has 0 aliphatic carbocycles. The molecular formula is C21H28F2N4O. The van der Waals surface area contributed by atoms with E-state index in [9.17, 15) is 8.78 Å². The van der Waals surface area contributed by atoms with Gasteiger partial charge in [-0.05, 0) is 50.0 Å². The number of nitrogens with two attached hydrogens (primary N) is 1. The van der Waals surface area contributed by atoms with Crippen LogP contribution in [0.25, 0.3) is 11.1 Å². The van der Waals surface area contributed by atoms with Gasteiger partial charge in [-0.3, -0.25) is 5.10 Å². The number of rotatable bonds is 7. The van der Waals surface area contributed by atoms with Gasteiger partial charge in [0, 0.05) is 17.5 Å². The Bertz CT molecular complexity index is 856. The topological polar surface area (TPSA) is 98.8 Å². The van der Waals surface area contributed by atoms with Crippen molar-refractivity contribution in [1.82, 2.24) is 10.2 Å². The van der Waals surface area contributed by atoms with Gasteiger partial charge in [0.2, 0.25) is 0 Å². The van der Waals surface area contributed by atoms with E-state index < -0.39 is 17.4 Å². The summed E-state index contributed by atoms with van der Waals surface area (Å²) >= 11 is 0. The van der Waals surface area contributed by atoms with E-state index in [1.807, 2.05) is 6.92 Å². The molecule has 0 bridgehead atoms. The molecule has 152 valence electrons. The zero-order valence-corrected chi connectivity index (χ0v) is 16.6. The van der Waals surface area contributed by atoms with Crippen LogP contribution < -0.4 is 5.73 Å². The normalized spacial score (nSPS) is 11.3. The number of hydrogen-bond donors (Lipinski definition) is 4. The predicted molar refractivity (Wildman–Crippen MR) is 110 cm³/mol. The molecule has 7 heteroatoms. The van der Waals surface area contributed by atoms with Gasteiger partial charge in [-0.1, -0.05) is 26.3 Å². The highest BCUT2D eigenvalue weighted by atomic mass is 19.1. The van der Waals surface area contributed by atoms with Crippen LogP contribution in [0.1, 0.15) is 56.4 Å². The van der Waals surface area contributed by atoms with Crippen LogP contribution in [0, 0.1) is 24.0 Å². The zero-order valence-electron chi connectivity index (χ0n) is 16.6. The number of phenolic OH excluding ortho intramolecular Hbond substituents is 1. The summed E-state index contributed by atoms with van der Waals surface area (Å²) in [6.07, 6.45) is 7.33. The smallest absolute Gasteiger partial charge is 0.175 e. The largest absolute Gasteiger partial charge is 0.505 e. The zero-order chi connectivity index (χ0) is 21.3. The Kier molecular flexibility index (Phi) is 9.08. The molecule has 0 saturated carbocycles. The lowest BCUT2D eigenvalue weighted by Crippen LogP contribution is -2.04. The Morgan fingerprint density at radius 1 is 1.36 bits per heavy atom. The number of H-pyrrole nitrogens is 1. The van der Waals surface area contributed by atoms with Crippen LogP contribution in [-0.4, -0.2) is 21.5 Å². The molecule has 0 aliphatic rings. The summed E-state index contributed by atoms with van der Waals surface area (Å²) in [6, 6.07) is 1.97. The Morgan fingerprint density at radius 2 is 2.04 bits per heavy atom. The summed E-state index contributed by atoms with van der Waals surface area (Å²) in [7, 11) is 0. The number of nitrogens with zero attached hydrogens (tertiary/aromatic N) is 1. The molecule has 1 aromatic carbocycles. The van der Waals surface area contributed by atoms with Crippen LogP contribution in [0.5, 0.6) is 5.75 Å². The van der Waals surface area contributed by atoms with Crippen molar-refractivity contribution < 1.29 is 13.9 Å². The number of halogens is 2. The van der Waals surface area contributed by atoms with Gasteiger partial charge in [0.25, 0.3) is 0 Å². The van der Waals surface area contributed by atoms with Crippen molar-refractivity contribution >= 4 is 17.4 Å². The number of aryl methyl sites for hydroxylation is 1. The highest BCUT2D eigenvalue weighted by Crippen LogP contribution is 2.26. The third kappa shape index (κ3) is 6.04. The average Bonchev–Trinajstić information content (AvgIpc) is 3.06. The van der Waals surface area contributed by atoms with Crippen molar-refractivity contribution in [3.05, 3.63) is 59.1 Å². The number of aromatic amines is 1. The van der Waals surface area contributed by atoms with Crippen molar-refractivity contribution in [1.29, 1.82) is 5.41 Å². The van der Waals surface area contributed by atoms with Crippen molar-refractivity contribution in [2.45, 2.75) is 46.5 Å². The van der Waals surface area contributed by atoms with Crippen LogP contribution in [0.2, 0.25) is 0 Å². The molecule has 0 unspecified atom stereocenters. The molecule has 0 aliphatic heterocycles. The quantitative estimate of drug-likeness (QED) is 0.380. The molecule has 0 spiro atoms. The third-order valence-corrected chi connectivity index (χ3v) is 4.14. The molecular weight excluding hydrogens is 362 g/mol. The number of aromatic hydroxyl groups is 1. The number of aromatic nitrogens is 2. The molecule has 2 rings (SSSR count). The number of unbranched alkanes of at least 4 members (excludes halogenated alkanes) is 2. The number of hydrogen-bond acceptors (Lipinski definition) is 4. The Morgan fingerprint density at radius 3 is 2.50 bits per heavy atom. The van der Waals surface area contributed by atoms with E-state index in [2.05, 4.69) is 23.7 Å². The number of allylic oxidation sites excluding steroid dienone is 3. The fourth-order valence-corrected chi connectivity index (χ4v) is 2.58. The molecule has 1 heterocycles. The molecule has 1 aromatic heterocycles. The minimum absolute atomic E-state index is 0.251.